The molecule has 0 saturated carbocycles. The van der Waals surface area contributed by atoms with Crippen molar-refractivity contribution in [2.24, 2.45) is 0 Å². The molecule has 1 aromatic carbocycles. The minimum absolute atomic E-state index is 0.0161. The van der Waals surface area contributed by atoms with Crippen molar-refractivity contribution >= 4 is 34.2 Å². The van der Waals surface area contributed by atoms with Gasteiger partial charge in [0.25, 0.3) is 11.8 Å². The number of piperidine rings is 1. The maximum absolute atomic E-state index is 12.7. The summed E-state index contributed by atoms with van der Waals surface area (Å²) in [5, 5.41) is 3.09. The number of aromatic nitrogens is 2. The van der Waals surface area contributed by atoms with Gasteiger partial charge in [0.1, 0.15) is 0 Å². The zero-order valence-electron chi connectivity index (χ0n) is 14.5. The number of thiophene rings is 1. The number of hydrogen-bond acceptors (Lipinski definition) is 4. The van der Waals surface area contributed by atoms with E-state index in [2.05, 4.69) is 15.3 Å². The van der Waals surface area contributed by atoms with Gasteiger partial charge in [-0.2, -0.15) is 0 Å². The summed E-state index contributed by atoms with van der Waals surface area (Å²) in [6, 6.07) is 9.45. The van der Waals surface area contributed by atoms with Crippen molar-refractivity contribution in [2.75, 3.05) is 13.1 Å². The normalized spacial score (nSPS) is 15.3. The van der Waals surface area contributed by atoms with Crippen LogP contribution in [0.25, 0.3) is 11.0 Å². The van der Waals surface area contributed by atoms with Crippen LogP contribution >= 0.6 is 11.3 Å². The van der Waals surface area contributed by atoms with E-state index in [0.717, 1.165) is 33.6 Å². The van der Waals surface area contributed by atoms with Crippen LogP contribution < -0.4 is 5.32 Å². The highest BCUT2D eigenvalue weighted by molar-refractivity contribution is 7.13. The van der Waals surface area contributed by atoms with Crippen LogP contribution in [0.15, 0.2) is 36.7 Å². The van der Waals surface area contributed by atoms with Crippen molar-refractivity contribution in [1.29, 1.82) is 0 Å². The molecule has 26 heavy (non-hydrogen) atoms. The summed E-state index contributed by atoms with van der Waals surface area (Å²) >= 11 is 1.50. The Morgan fingerprint density at radius 2 is 2.04 bits per heavy atom. The number of nitrogens with zero attached hydrogens (tertiary/aromatic N) is 2. The second kappa shape index (κ2) is 6.92. The van der Waals surface area contributed by atoms with Crippen molar-refractivity contribution in [3.05, 3.63) is 52.0 Å². The smallest absolute Gasteiger partial charge is 0.261 e. The van der Waals surface area contributed by atoms with Crippen molar-refractivity contribution < 1.29 is 9.59 Å². The monoisotopic (exact) mass is 368 g/mol. The Kier molecular flexibility index (Phi) is 4.46. The molecule has 1 saturated heterocycles. The predicted octanol–water partition coefficient (Wildman–Crippen LogP) is 2.97. The molecule has 0 unspecified atom stereocenters. The summed E-state index contributed by atoms with van der Waals surface area (Å²) < 4.78 is 0. The molecule has 2 amide bonds. The molecule has 1 aliphatic rings. The van der Waals surface area contributed by atoms with Gasteiger partial charge in [-0.25, -0.2) is 4.98 Å². The number of aryl methyl sites for hydroxylation is 1. The Bertz CT molecular complexity index is 953. The van der Waals surface area contributed by atoms with Gasteiger partial charge < -0.3 is 15.2 Å². The molecule has 2 N–H and O–H groups in total. The molecule has 3 heterocycles. The highest BCUT2D eigenvalue weighted by Crippen LogP contribution is 2.19. The van der Waals surface area contributed by atoms with Crippen LogP contribution in [0.3, 0.4) is 0 Å². The Morgan fingerprint density at radius 3 is 2.77 bits per heavy atom. The standard InChI is InChI=1S/C19H20N4O2S/c1-12-2-5-17(26-12)18(24)22-14-6-8-23(9-7-14)19(25)13-3-4-15-16(10-13)21-11-20-15/h2-5,10-11,14H,6-9H2,1H3,(H,20,21)(H,22,24). The summed E-state index contributed by atoms with van der Waals surface area (Å²) in [5.74, 6) is 0.0118. The number of amides is 2. The number of H-pyrrole nitrogens is 1. The third-order valence-electron chi connectivity index (χ3n) is 4.75. The van der Waals surface area contributed by atoms with Gasteiger partial charge in [-0.05, 0) is 50.1 Å². The SMILES string of the molecule is Cc1ccc(C(=O)NC2CCN(C(=O)c3ccc4nc[nH]c4c3)CC2)s1. The zero-order chi connectivity index (χ0) is 18.1. The number of carbonyl (C=O) groups excluding carboxylic acids is 2. The van der Waals surface area contributed by atoms with Crippen LogP contribution in [0.1, 0.15) is 37.7 Å². The van der Waals surface area contributed by atoms with Gasteiger partial charge in [-0.1, -0.05) is 0 Å². The average Bonchev–Trinajstić information content (AvgIpc) is 3.29. The molecule has 1 aliphatic heterocycles. The van der Waals surface area contributed by atoms with E-state index in [9.17, 15) is 9.59 Å². The minimum atomic E-state index is -0.0161. The molecule has 6 nitrogen and oxygen atoms in total. The summed E-state index contributed by atoms with van der Waals surface area (Å²) in [5.41, 5.74) is 2.38. The summed E-state index contributed by atoms with van der Waals surface area (Å²) in [6.45, 7) is 3.29. The van der Waals surface area contributed by atoms with Gasteiger partial charge in [0.15, 0.2) is 0 Å². The van der Waals surface area contributed by atoms with E-state index < -0.39 is 0 Å². The Hall–Kier alpha value is -2.67. The van der Waals surface area contributed by atoms with Crippen LogP contribution in [0, 0.1) is 6.92 Å². The number of fused-ring (bicyclic) bond motifs is 1. The van der Waals surface area contributed by atoms with E-state index in [-0.39, 0.29) is 17.9 Å². The second-order valence-corrected chi connectivity index (χ2v) is 7.87. The number of benzene rings is 1. The molecule has 0 atom stereocenters. The fourth-order valence-corrected chi connectivity index (χ4v) is 4.06. The van der Waals surface area contributed by atoms with Crippen LogP contribution in [0.4, 0.5) is 0 Å². The van der Waals surface area contributed by atoms with Gasteiger partial charge in [0.2, 0.25) is 0 Å². The molecule has 4 rings (SSSR count). The largest absolute Gasteiger partial charge is 0.348 e. The molecule has 134 valence electrons. The number of rotatable bonds is 3. The summed E-state index contributed by atoms with van der Waals surface area (Å²) in [7, 11) is 0. The van der Waals surface area contributed by atoms with Crippen LogP contribution in [0.2, 0.25) is 0 Å². The predicted molar refractivity (Wildman–Crippen MR) is 102 cm³/mol. The second-order valence-electron chi connectivity index (χ2n) is 6.58. The third-order valence-corrected chi connectivity index (χ3v) is 5.75. The summed E-state index contributed by atoms with van der Waals surface area (Å²) in [6.07, 6.45) is 3.17. The number of nitrogens with one attached hydrogen (secondary N) is 2. The van der Waals surface area contributed by atoms with E-state index >= 15 is 0 Å². The number of likely N-dealkylation sites (tertiary alicyclic amines) is 1. The molecule has 1 fully saturated rings. The van der Waals surface area contributed by atoms with E-state index in [1.165, 1.54) is 11.3 Å². The maximum atomic E-state index is 12.7. The number of aromatic amines is 1. The van der Waals surface area contributed by atoms with Crippen molar-refractivity contribution in [2.45, 2.75) is 25.8 Å². The fraction of sp³-hybridized carbons (Fsp3) is 0.316. The quantitative estimate of drug-likeness (QED) is 0.746. The zero-order valence-corrected chi connectivity index (χ0v) is 15.3. The highest BCUT2D eigenvalue weighted by atomic mass is 32.1. The molecule has 0 spiro atoms. The minimum Gasteiger partial charge on any atom is -0.348 e. The first kappa shape index (κ1) is 16.8. The van der Waals surface area contributed by atoms with Gasteiger partial charge >= 0.3 is 0 Å². The Labute approximate surface area is 155 Å². The van der Waals surface area contributed by atoms with Crippen molar-refractivity contribution in [3.8, 4) is 0 Å². The molecular weight excluding hydrogens is 348 g/mol. The van der Waals surface area contributed by atoms with Crippen LogP contribution in [-0.2, 0) is 0 Å². The fourth-order valence-electron chi connectivity index (χ4n) is 3.29. The first-order valence-corrected chi connectivity index (χ1v) is 9.51. The van der Waals surface area contributed by atoms with Gasteiger partial charge in [-0.15, -0.1) is 11.3 Å². The Balaban J connectivity index is 1.35. The van der Waals surface area contributed by atoms with Crippen molar-refractivity contribution in [1.82, 2.24) is 20.2 Å². The van der Waals surface area contributed by atoms with Gasteiger partial charge in [0, 0.05) is 29.6 Å². The van der Waals surface area contributed by atoms with E-state index in [0.29, 0.717) is 18.7 Å². The number of hydrogen-bond donors (Lipinski definition) is 2. The molecule has 0 radical (unpaired) electrons. The molecule has 0 bridgehead atoms. The molecule has 0 aliphatic carbocycles. The van der Waals surface area contributed by atoms with E-state index in [1.807, 2.05) is 42.2 Å². The molecular formula is C19H20N4O2S. The average molecular weight is 368 g/mol. The highest BCUT2D eigenvalue weighted by Gasteiger charge is 2.25. The lowest BCUT2D eigenvalue weighted by Gasteiger charge is -2.32. The van der Waals surface area contributed by atoms with Gasteiger partial charge in [0.05, 0.1) is 22.2 Å². The topological polar surface area (TPSA) is 78.1 Å². The molecule has 3 aromatic rings. The first-order valence-electron chi connectivity index (χ1n) is 8.70. The molecule has 7 heteroatoms. The number of imidazole rings is 1. The lowest BCUT2D eigenvalue weighted by molar-refractivity contribution is 0.0698. The van der Waals surface area contributed by atoms with Crippen molar-refractivity contribution in [3.63, 3.8) is 0 Å². The lowest BCUT2D eigenvalue weighted by atomic mass is 10.0. The van der Waals surface area contributed by atoms with Crippen LogP contribution in [-0.4, -0.2) is 45.8 Å². The van der Waals surface area contributed by atoms with E-state index in [1.54, 1.807) is 6.33 Å². The lowest BCUT2D eigenvalue weighted by Crippen LogP contribution is -2.46. The Morgan fingerprint density at radius 1 is 1.23 bits per heavy atom. The first-order chi connectivity index (χ1) is 12.6. The maximum Gasteiger partial charge on any atom is 0.261 e. The third kappa shape index (κ3) is 3.35. The van der Waals surface area contributed by atoms with E-state index in [4.69, 9.17) is 0 Å². The van der Waals surface area contributed by atoms with Gasteiger partial charge in [-0.3, -0.25) is 9.59 Å². The van der Waals surface area contributed by atoms with Crippen LogP contribution in [0.5, 0.6) is 0 Å². The summed E-state index contributed by atoms with van der Waals surface area (Å²) in [4.78, 5) is 35.9. The number of carbonyl (C=O) groups is 2. The molecule has 2 aromatic heterocycles.